The fraction of sp³-hybridized carbons (Fsp3) is 0.467. The van der Waals surface area contributed by atoms with Crippen LogP contribution in [-0.2, 0) is 12.8 Å². The van der Waals surface area contributed by atoms with Gasteiger partial charge in [-0.2, -0.15) is 0 Å². The lowest BCUT2D eigenvalue weighted by Crippen LogP contribution is -2.10. The predicted octanol–water partition coefficient (Wildman–Crippen LogP) is 2.98. The van der Waals surface area contributed by atoms with Crippen molar-refractivity contribution >= 4 is 0 Å². The minimum atomic E-state index is 0.145. The van der Waals surface area contributed by atoms with Gasteiger partial charge in [0.05, 0.1) is 0 Å². The zero-order valence-corrected chi connectivity index (χ0v) is 9.92. The maximum absolute atomic E-state index is 6.16. The van der Waals surface area contributed by atoms with Crippen molar-refractivity contribution in [3.63, 3.8) is 0 Å². The Kier molecular flexibility index (Phi) is 3.64. The quantitative estimate of drug-likeness (QED) is 0.767. The van der Waals surface area contributed by atoms with Crippen LogP contribution in [0.4, 0.5) is 0 Å². The molecule has 0 fully saturated rings. The van der Waals surface area contributed by atoms with E-state index in [0.717, 1.165) is 12.8 Å². The number of fused-ring (bicyclic) bond motifs is 1. The fourth-order valence-corrected chi connectivity index (χ4v) is 2.34. The van der Waals surface area contributed by atoms with E-state index in [0.29, 0.717) is 0 Å². The lowest BCUT2D eigenvalue weighted by Gasteiger charge is -2.12. The van der Waals surface area contributed by atoms with Crippen molar-refractivity contribution in [1.82, 2.24) is 0 Å². The summed E-state index contributed by atoms with van der Waals surface area (Å²) < 4.78 is 0. The molecule has 0 aliphatic heterocycles. The zero-order chi connectivity index (χ0) is 11.4. The third-order valence-corrected chi connectivity index (χ3v) is 3.31. The average molecular weight is 213 g/mol. The number of hydrogen-bond donors (Lipinski definition) is 1. The van der Waals surface area contributed by atoms with Crippen molar-refractivity contribution < 1.29 is 0 Å². The number of benzene rings is 1. The third kappa shape index (κ3) is 2.46. The van der Waals surface area contributed by atoms with E-state index in [4.69, 9.17) is 5.73 Å². The van der Waals surface area contributed by atoms with E-state index in [1.165, 1.54) is 36.0 Å². The number of aryl methyl sites for hydroxylation is 2. The highest BCUT2D eigenvalue weighted by atomic mass is 14.6. The van der Waals surface area contributed by atoms with Gasteiger partial charge >= 0.3 is 0 Å². The summed E-state index contributed by atoms with van der Waals surface area (Å²) in [6, 6.07) is 6.88. The lowest BCUT2D eigenvalue weighted by atomic mass is 9.99. The molecule has 2 rings (SSSR count). The fourth-order valence-electron chi connectivity index (χ4n) is 2.34. The van der Waals surface area contributed by atoms with Crippen LogP contribution in [0.3, 0.4) is 0 Å². The van der Waals surface area contributed by atoms with Crippen molar-refractivity contribution in [3.05, 3.63) is 34.9 Å². The minimum absolute atomic E-state index is 0.145. The Balaban J connectivity index is 2.05. The van der Waals surface area contributed by atoms with Gasteiger partial charge in [-0.05, 0) is 49.3 Å². The van der Waals surface area contributed by atoms with Gasteiger partial charge in [0.25, 0.3) is 0 Å². The first-order valence-corrected chi connectivity index (χ1v) is 6.08. The van der Waals surface area contributed by atoms with Crippen molar-refractivity contribution in [2.75, 3.05) is 0 Å². The van der Waals surface area contributed by atoms with Crippen molar-refractivity contribution in [1.29, 1.82) is 0 Å². The van der Waals surface area contributed by atoms with Crippen molar-refractivity contribution in [2.24, 2.45) is 5.73 Å². The maximum Gasteiger partial charge on any atom is 0.0304 e. The van der Waals surface area contributed by atoms with Crippen LogP contribution in [0.25, 0.3) is 0 Å². The Morgan fingerprint density at radius 2 is 2.12 bits per heavy atom. The molecule has 0 heterocycles. The van der Waals surface area contributed by atoms with Gasteiger partial charge in [0, 0.05) is 12.5 Å². The second-order valence-electron chi connectivity index (χ2n) is 4.45. The van der Waals surface area contributed by atoms with E-state index in [1.807, 2.05) is 6.92 Å². The molecule has 1 heteroatoms. The van der Waals surface area contributed by atoms with Crippen LogP contribution in [-0.4, -0.2) is 0 Å². The van der Waals surface area contributed by atoms with Crippen LogP contribution < -0.4 is 5.73 Å². The summed E-state index contributed by atoms with van der Waals surface area (Å²) >= 11 is 0. The summed E-state index contributed by atoms with van der Waals surface area (Å²) in [6.07, 6.45) is 5.63. The molecule has 1 unspecified atom stereocenters. The molecule has 1 aliphatic rings. The molecular formula is C15H19N. The van der Waals surface area contributed by atoms with Crippen LogP contribution in [0.1, 0.15) is 48.9 Å². The molecule has 1 aromatic rings. The van der Waals surface area contributed by atoms with Crippen molar-refractivity contribution in [2.45, 2.75) is 45.1 Å². The van der Waals surface area contributed by atoms with Crippen LogP contribution >= 0.6 is 0 Å². The summed E-state index contributed by atoms with van der Waals surface area (Å²) in [5.41, 5.74) is 10.5. The molecule has 16 heavy (non-hydrogen) atoms. The molecule has 2 N–H and O–H groups in total. The molecule has 1 atom stereocenters. The molecule has 0 saturated carbocycles. The molecule has 1 aliphatic carbocycles. The molecule has 1 nitrogen and oxygen atoms in total. The van der Waals surface area contributed by atoms with E-state index in [9.17, 15) is 0 Å². The lowest BCUT2D eigenvalue weighted by molar-refractivity contribution is 0.667. The summed E-state index contributed by atoms with van der Waals surface area (Å²) in [5, 5.41) is 0. The first kappa shape index (κ1) is 11.2. The standard InChI is InChI=1S/C15H19N/c1-2-3-4-8-15(16)14-10-9-12-6-5-7-13(12)11-14/h9-11,15H,4-8,16H2,1H3. The molecule has 0 bridgehead atoms. The smallest absolute Gasteiger partial charge is 0.0304 e. The molecule has 0 aromatic heterocycles. The Hall–Kier alpha value is -1.26. The highest BCUT2D eigenvalue weighted by Gasteiger charge is 2.13. The number of hydrogen-bond acceptors (Lipinski definition) is 1. The van der Waals surface area contributed by atoms with Gasteiger partial charge in [-0.15, -0.1) is 11.8 Å². The third-order valence-electron chi connectivity index (χ3n) is 3.31. The van der Waals surface area contributed by atoms with Gasteiger partial charge < -0.3 is 5.73 Å². The minimum Gasteiger partial charge on any atom is -0.324 e. The van der Waals surface area contributed by atoms with Gasteiger partial charge in [-0.25, -0.2) is 0 Å². The molecule has 1 aromatic carbocycles. The van der Waals surface area contributed by atoms with Crippen molar-refractivity contribution in [3.8, 4) is 11.8 Å². The van der Waals surface area contributed by atoms with Gasteiger partial charge in [0.15, 0.2) is 0 Å². The molecule has 0 radical (unpaired) electrons. The Morgan fingerprint density at radius 3 is 2.94 bits per heavy atom. The Bertz CT molecular complexity index is 423. The Labute approximate surface area is 98.0 Å². The van der Waals surface area contributed by atoms with Crippen LogP contribution in [0.15, 0.2) is 18.2 Å². The number of nitrogens with two attached hydrogens (primary N) is 1. The van der Waals surface area contributed by atoms with E-state index in [2.05, 4.69) is 30.0 Å². The van der Waals surface area contributed by atoms with Gasteiger partial charge in [0.1, 0.15) is 0 Å². The van der Waals surface area contributed by atoms with E-state index < -0.39 is 0 Å². The van der Waals surface area contributed by atoms with Crippen LogP contribution in [0.5, 0.6) is 0 Å². The van der Waals surface area contributed by atoms with Gasteiger partial charge in [-0.1, -0.05) is 18.2 Å². The summed E-state index contributed by atoms with van der Waals surface area (Å²) in [6.45, 7) is 1.88. The van der Waals surface area contributed by atoms with Gasteiger partial charge in [0.2, 0.25) is 0 Å². The molecule has 0 amide bonds. The summed E-state index contributed by atoms with van der Waals surface area (Å²) in [7, 11) is 0. The zero-order valence-electron chi connectivity index (χ0n) is 9.92. The maximum atomic E-state index is 6.16. The summed E-state index contributed by atoms with van der Waals surface area (Å²) in [5.74, 6) is 5.98. The topological polar surface area (TPSA) is 26.0 Å². The van der Waals surface area contributed by atoms with Gasteiger partial charge in [-0.3, -0.25) is 0 Å². The normalized spacial score (nSPS) is 15.1. The second-order valence-corrected chi connectivity index (χ2v) is 4.45. The molecule has 0 saturated heterocycles. The average Bonchev–Trinajstić information content (AvgIpc) is 2.76. The van der Waals surface area contributed by atoms with Crippen LogP contribution in [0, 0.1) is 11.8 Å². The molecule has 84 valence electrons. The number of rotatable bonds is 3. The predicted molar refractivity (Wildman–Crippen MR) is 68.1 cm³/mol. The first-order chi connectivity index (χ1) is 7.81. The monoisotopic (exact) mass is 213 g/mol. The highest BCUT2D eigenvalue weighted by molar-refractivity contribution is 5.36. The largest absolute Gasteiger partial charge is 0.324 e. The Morgan fingerprint density at radius 1 is 1.31 bits per heavy atom. The summed E-state index contributed by atoms with van der Waals surface area (Å²) in [4.78, 5) is 0. The molecule has 0 spiro atoms. The highest BCUT2D eigenvalue weighted by Crippen LogP contribution is 2.25. The van der Waals surface area contributed by atoms with E-state index in [1.54, 1.807) is 0 Å². The SMILES string of the molecule is CC#CCCC(N)c1ccc2c(c1)CCC2. The van der Waals surface area contributed by atoms with Crippen LogP contribution in [0.2, 0.25) is 0 Å². The van der Waals surface area contributed by atoms with E-state index in [-0.39, 0.29) is 6.04 Å². The van der Waals surface area contributed by atoms with E-state index >= 15 is 0 Å². The molecular weight excluding hydrogens is 194 g/mol. The second kappa shape index (κ2) is 5.18. The first-order valence-electron chi connectivity index (χ1n) is 6.08.